The molecule has 6 rings (SSSR count). The summed E-state index contributed by atoms with van der Waals surface area (Å²) in [4.78, 5) is 20.4. The van der Waals surface area contributed by atoms with Crippen LogP contribution < -0.4 is 10.2 Å². The van der Waals surface area contributed by atoms with Gasteiger partial charge in [0.25, 0.3) is 0 Å². The Bertz CT molecular complexity index is 1090. The van der Waals surface area contributed by atoms with E-state index in [0.29, 0.717) is 11.8 Å². The lowest BCUT2D eigenvalue weighted by molar-refractivity contribution is -0.124. The molecule has 1 saturated heterocycles. The van der Waals surface area contributed by atoms with Crippen LogP contribution in [0.1, 0.15) is 43.8 Å². The Morgan fingerprint density at radius 1 is 1.03 bits per heavy atom. The fraction of sp³-hybridized carbons (Fsp3) is 0.522. The lowest BCUT2D eigenvalue weighted by Crippen LogP contribution is -2.53. The Kier molecular flexibility index (Phi) is 4.58. The predicted molar refractivity (Wildman–Crippen MR) is 117 cm³/mol. The number of amides is 1. The Balaban J connectivity index is 1.20. The third-order valence-electron chi connectivity index (χ3n) is 7.40. The Morgan fingerprint density at radius 3 is 2.74 bits per heavy atom. The number of nitrogens with one attached hydrogen (secondary N) is 1. The molecule has 8 nitrogen and oxygen atoms in total. The van der Waals surface area contributed by atoms with Gasteiger partial charge < -0.3 is 10.2 Å². The minimum atomic E-state index is -0.241. The third kappa shape index (κ3) is 3.25. The highest BCUT2D eigenvalue weighted by Crippen LogP contribution is 2.40. The fourth-order valence-electron chi connectivity index (χ4n) is 5.86. The number of pyridine rings is 1. The quantitative estimate of drug-likeness (QED) is 0.704. The van der Waals surface area contributed by atoms with Gasteiger partial charge in [0.2, 0.25) is 5.91 Å². The van der Waals surface area contributed by atoms with Crippen LogP contribution in [0, 0.1) is 11.8 Å². The number of rotatable bonds is 3. The molecule has 0 radical (unpaired) electrons. The van der Waals surface area contributed by atoms with Crippen molar-refractivity contribution < 1.29 is 4.79 Å². The summed E-state index contributed by atoms with van der Waals surface area (Å²) in [6, 6.07) is 10.7. The molecule has 1 saturated carbocycles. The largest absolute Gasteiger partial charge is 0.355 e. The number of nitrogens with zero attached hydrogens (tertiary/aromatic N) is 6. The molecule has 2 aromatic heterocycles. The van der Waals surface area contributed by atoms with E-state index >= 15 is 0 Å². The van der Waals surface area contributed by atoms with Gasteiger partial charge in [-0.3, -0.25) is 4.79 Å². The number of piperidine rings is 1. The number of hydrogen-bond acceptors (Lipinski definition) is 6. The Labute approximate surface area is 181 Å². The van der Waals surface area contributed by atoms with Gasteiger partial charge in [-0.05, 0) is 59.4 Å². The lowest BCUT2D eigenvalue weighted by atomic mass is 9.90. The second-order valence-electron chi connectivity index (χ2n) is 9.20. The molecule has 3 aromatic rings. The predicted octanol–water partition coefficient (Wildman–Crippen LogP) is 2.52. The molecule has 3 aliphatic rings. The molecular formula is C23H27N7O. The molecule has 2 unspecified atom stereocenters. The molecule has 8 heteroatoms. The molecule has 1 aromatic carbocycles. The van der Waals surface area contributed by atoms with Crippen molar-refractivity contribution in [1.29, 1.82) is 0 Å². The van der Waals surface area contributed by atoms with Crippen LogP contribution in [0.2, 0.25) is 0 Å². The first-order valence-electron chi connectivity index (χ1n) is 11.4. The van der Waals surface area contributed by atoms with Crippen LogP contribution in [0.25, 0.3) is 10.8 Å². The summed E-state index contributed by atoms with van der Waals surface area (Å²) in [5.41, 5.74) is 0. The van der Waals surface area contributed by atoms with E-state index in [0.717, 1.165) is 63.4 Å². The van der Waals surface area contributed by atoms with Gasteiger partial charge >= 0.3 is 0 Å². The highest BCUT2D eigenvalue weighted by Gasteiger charge is 2.44. The molecule has 1 aliphatic carbocycles. The smallest absolute Gasteiger partial charge is 0.231 e. The summed E-state index contributed by atoms with van der Waals surface area (Å²) in [7, 11) is 0. The van der Waals surface area contributed by atoms with Gasteiger partial charge in [0.15, 0.2) is 5.82 Å². The van der Waals surface area contributed by atoms with E-state index in [1.807, 2.05) is 6.20 Å². The second-order valence-corrected chi connectivity index (χ2v) is 9.20. The Hall–Kier alpha value is -3.03. The molecule has 2 aliphatic heterocycles. The van der Waals surface area contributed by atoms with Crippen molar-refractivity contribution in [3.63, 3.8) is 0 Å². The maximum absolute atomic E-state index is 13.3. The van der Waals surface area contributed by atoms with Crippen LogP contribution in [0.4, 0.5) is 5.82 Å². The second kappa shape index (κ2) is 7.59. The molecule has 2 fully saturated rings. The van der Waals surface area contributed by atoms with Gasteiger partial charge in [0.1, 0.15) is 5.82 Å². The Morgan fingerprint density at radius 2 is 1.87 bits per heavy atom. The standard InChI is InChI=1S/C23H27N7O/c31-23(19-7-3-4-12-30-22(19)26-27-28-30)25-20-16-8-9-17(20)14-29(13-16)21-18-6-2-1-5-15(18)10-11-24-21/h1-2,5-6,10-11,16-17,19-20H,3-4,7-9,12-14H2,(H,25,31)/t16-,17+,19?,20?. The average Bonchev–Trinajstić information content (AvgIpc) is 3.26. The van der Waals surface area contributed by atoms with Gasteiger partial charge in [-0.1, -0.05) is 30.7 Å². The van der Waals surface area contributed by atoms with Crippen LogP contribution >= 0.6 is 0 Å². The van der Waals surface area contributed by atoms with E-state index < -0.39 is 0 Å². The topological polar surface area (TPSA) is 88.8 Å². The van der Waals surface area contributed by atoms with Crippen LogP contribution in [0.15, 0.2) is 36.5 Å². The van der Waals surface area contributed by atoms with E-state index in [1.54, 1.807) is 4.68 Å². The van der Waals surface area contributed by atoms with Crippen molar-refractivity contribution in [2.75, 3.05) is 18.0 Å². The lowest BCUT2D eigenvalue weighted by Gasteiger charge is -2.39. The summed E-state index contributed by atoms with van der Waals surface area (Å²) in [5, 5.41) is 17.9. The highest BCUT2D eigenvalue weighted by molar-refractivity contribution is 5.92. The van der Waals surface area contributed by atoms with Crippen LogP contribution in [-0.2, 0) is 11.3 Å². The molecule has 1 N–H and O–H groups in total. The summed E-state index contributed by atoms with van der Waals surface area (Å²) in [6.07, 6.45) is 7.06. The number of hydrogen-bond donors (Lipinski definition) is 1. The molecule has 31 heavy (non-hydrogen) atoms. The molecule has 160 valence electrons. The number of tetrazole rings is 1. The number of benzene rings is 1. The first-order chi connectivity index (χ1) is 15.3. The monoisotopic (exact) mass is 417 g/mol. The van der Waals surface area contributed by atoms with Gasteiger partial charge in [0.05, 0.1) is 5.92 Å². The van der Waals surface area contributed by atoms with E-state index in [9.17, 15) is 4.79 Å². The van der Waals surface area contributed by atoms with Crippen molar-refractivity contribution in [1.82, 2.24) is 30.5 Å². The molecule has 0 spiro atoms. The maximum Gasteiger partial charge on any atom is 0.231 e. The zero-order valence-corrected chi connectivity index (χ0v) is 17.5. The van der Waals surface area contributed by atoms with Crippen molar-refractivity contribution in [2.45, 2.75) is 50.6 Å². The number of aromatic nitrogens is 5. The van der Waals surface area contributed by atoms with Crippen molar-refractivity contribution in [2.24, 2.45) is 11.8 Å². The van der Waals surface area contributed by atoms with Crippen molar-refractivity contribution >= 4 is 22.5 Å². The van der Waals surface area contributed by atoms with E-state index in [2.05, 4.69) is 56.1 Å². The van der Waals surface area contributed by atoms with Gasteiger partial charge in [-0.15, -0.1) is 5.10 Å². The van der Waals surface area contributed by atoms with E-state index in [4.69, 9.17) is 4.98 Å². The third-order valence-corrected chi connectivity index (χ3v) is 7.40. The fourth-order valence-corrected chi connectivity index (χ4v) is 5.86. The number of carbonyl (C=O) groups is 1. The number of carbonyl (C=O) groups excluding carboxylic acids is 1. The number of anilines is 1. The first-order valence-corrected chi connectivity index (χ1v) is 11.4. The van der Waals surface area contributed by atoms with E-state index in [1.165, 1.54) is 10.8 Å². The zero-order chi connectivity index (χ0) is 20.8. The normalized spacial score (nSPS) is 27.7. The molecule has 4 heterocycles. The summed E-state index contributed by atoms with van der Waals surface area (Å²) in [5.74, 6) is 2.55. The molecule has 1 amide bonds. The molecular weight excluding hydrogens is 390 g/mol. The number of fused-ring (bicyclic) bond motifs is 4. The molecule has 2 bridgehead atoms. The average molecular weight is 418 g/mol. The minimum absolute atomic E-state index is 0.0941. The van der Waals surface area contributed by atoms with Gasteiger partial charge in [-0.2, -0.15) is 0 Å². The van der Waals surface area contributed by atoms with Gasteiger partial charge in [-0.25, -0.2) is 9.67 Å². The van der Waals surface area contributed by atoms with Crippen molar-refractivity contribution in [3.05, 3.63) is 42.4 Å². The highest BCUT2D eigenvalue weighted by atomic mass is 16.2. The van der Waals surface area contributed by atoms with Crippen molar-refractivity contribution in [3.8, 4) is 0 Å². The summed E-state index contributed by atoms with van der Waals surface area (Å²) < 4.78 is 1.81. The SMILES string of the molecule is O=C(NC1[C@@H]2CC[C@H]1CN(c1nccc3ccccc13)C2)C1CCCCn2nnnc21. The maximum atomic E-state index is 13.3. The van der Waals surface area contributed by atoms with Crippen LogP contribution in [0.5, 0.6) is 0 Å². The summed E-state index contributed by atoms with van der Waals surface area (Å²) >= 11 is 0. The van der Waals surface area contributed by atoms with Crippen LogP contribution in [-0.4, -0.2) is 50.2 Å². The van der Waals surface area contributed by atoms with E-state index in [-0.39, 0.29) is 17.9 Å². The molecule has 4 atom stereocenters. The van der Waals surface area contributed by atoms with Gasteiger partial charge in [0, 0.05) is 37.3 Å². The minimum Gasteiger partial charge on any atom is -0.355 e. The van der Waals surface area contributed by atoms with Crippen LogP contribution in [0.3, 0.4) is 0 Å². The first kappa shape index (κ1) is 18.7. The summed E-state index contributed by atoms with van der Waals surface area (Å²) in [6.45, 7) is 2.67. The zero-order valence-electron chi connectivity index (χ0n) is 17.5. The number of aryl methyl sites for hydroxylation is 1.